The van der Waals surface area contributed by atoms with Crippen LogP contribution in [0, 0.1) is 0 Å². The standard InChI is InChI=1S/C11H18N2O4S2/c1-11(2,3)17-10(16)12-6-7(18)13-4-5-19-8(13)9(14)15/h8H,4-6H2,1-3H3,(H,12,16)(H,14,15)/p-1/t8-/m1/s1. The highest BCUT2D eigenvalue weighted by Crippen LogP contribution is 2.24. The minimum absolute atomic E-state index is 0.0193. The van der Waals surface area contributed by atoms with E-state index in [9.17, 15) is 9.90 Å². The van der Waals surface area contributed by atoms with Gasteiger partial charge in [0.15, 0.2) is 5.37 Å². The van der Waals surface area contributed by atoms with Crippen molar-refractivity contribution in [2.45, 2.75) is 31.7 Å². The maximum absolute atomic E-state index is 11.4. The molecule has 8 heteroatoms. The molecule has 1 fully saturated rings. The number of thiocarbonyl (C=S) groups is 1. The van der Waals surface area contributed by atoms with E-state index in [1.54, 1.807) is 25.7 Å². The minimum Gasteiger partial charge on any atom is -0.595 e. The van der Waals surface area contributed by atoms with Crippen molar-refractivity contribution in [2.24, 2.45) is 4.99 Å². The van der Waals surface area contributed by atoms with Crippen molar-refractivity contribution in [3.05, 3.63) is 0 Å². The second kappa shape index (κ2) is 6.42. The molecule has 0 aromatic rings. The third-order valence-corrected chi connectivity index (χ3v) is 3.71. The van der Waals surface area contributed by atoms with Gasteiger partial charge in [-0.1, -0.05) is 33.0 Å². The van der Waals surface area contributed by atoms with Gasteiger partial charge >= 0.3 is 5.97 Å². The van der Waals surface area contributed by atoms with Crippen LogP contribution in [0.25, 0.3) is 0 Å². The molecule has 0 aromatic carbocycles. The first-order valence-corrected chi connectivity index (χ1v) is 7.21. The number of ether oxygens (including phenoxy) is 1. The Hall–Kier alpha value is -1.02. The normalized spacial score (nSPS) is 20.5. The highest BCUT2D eigenvalue weighted by atomic mass is 32.2. The van der Waals surface area contributed by atoms with Crippen molar-refractivity contribution in [1.29, 1.82) is 0 Å². The zero-order valence-electron chi connectivity index (χ0n) is 11.1. The highest BCUT2D eigenvalue weighted by molar-refractivity contribution is 8.00. The molecule has 6 nitrogen and oxygen atoms in total. The average molecular weight is 305 g/mol. The summed E-state index contributed by atoms with van der Waals surface area (Å²) in [5, 5.41) is 19.7. The van der Waals surface area contributed by atoms with E-state index in [0.29, 0.717) is 17.3 Å². The Morgan fingerprint density at radius 2 is 2.26 bits per heavy atom. The molecule has 0 saturated carbocycles. The Balaban J connectivity index is 2.55. The van der Waals surface area contributed by atoms with Crippen LogP contribution in [0.15, 0.2) is 4.99 Å². The molecule has 1 N–H and O–H groups in total. The zero-order chi connectivity index (χ0) is 14.6. The largest absolute Gasteiger partial charge is 0.595 e. The van der Waals surface area contributed by atoms with Gasteiger partial charge in [-0.3, -0.25) is 4.99 Å². The number of nitrogens with zero attached hydrogens (tertiary/aromatic N) is 2. The van der Waals surface area contributed by atoms with Gasteiger partial charge in [-0.15, -0.1) is 11.8 Å². The predicted octanol–water partition coefficient (Wildman–Crippen LogP) is 0.305. The quantitative estimate of drug-likeness (QED) is 0.456. The number of hydrogen-bond donors (Lipinski definition) is 1. The van der Waals surface area contributed by atoms with Crippen LogP contribution in [0.3, 0.4) is 0 Å². The molecule has 1 rings (SSSR count). The van der Waals surface area contributed by atoms with Crippen LogP contribution in [0.2, 0.25) is 0 Å². The van der Waals surface area contributed by atoms with Gasteiger partial charge in [-0.05, 0) is 0 Å². The number of aliphatic imine (C=N–C) groups is 1. The Morgan fingerprint density at radius 3 is 2.79 bits per heavy atom. The van der Waals surface area contributed by atoms with Gasteiger partial charge in [0.2, 0.25) is 0 Å². The Bertz CT molecular complexity index is 393. The van der Waals surface area contributed by atoms with Crippen molar-refractivity contribution < 1.29 is 19.7 Å². The van der Waals surface area contributed by atoms with E-state index in [4.69, 9.17) is 22.1 Å². The summed E-state index contributed by atoms with van der Waals surface area (Å²) in [5.74, 6) is -0.231. The van der Waals surface area contributed by atoms with Gasteiger partial charge in [0, 0.05) is 17.9 Å². The van der Waals surface area contributed by atoms with Crippen LogP contribution in [0.5, 0.6) is 0 Å². The minimum atomic E-state index is -0.929. The monoisotopic (exact) mass is 305 g/mol. The van der Waals surface area contributed by atoms with Gasteiger partial charge in [-0.25, -0.2) is 4.79 Å². The molecular weight excluding hydrogens is 288 g/mol. The lowest BCUT2D eigenvalue weighted by molar-refractivity contribution is -0.260. The fourth-order valence-electron chi connectivity index (χ4n) is 1.45. The van der Waals surface area contributed by atoms with E-state index in [1.165, 1.54) is 11.8 Å². The predicted molar refractivity (Wildman–Crippen MR) is 76.3 cm³/mol. The highest BCUT2D eigenvalue weighted by Gasteiger charge is 2.32. The molecule has 0 aliphatic carbocycles. The van der Waals surface area contributed by atoms with Gasteiger partial charge in [0.05, 0.1) is 6.54 Å². The van der Waals surface area contributed by atoms with Crippen LogP contribution in [0.4, 0.5) is 0 Å². The van der Waals surface area contributed by atoms with Gasteiger partial charge in [-0.2, -0.15) is 0 Å². The molecule has 19 heavy (non-hydrogen) atoms. The van der Waals surface area contributed by atoms with Crippen molar-refractivity contribution >= 4 is 41.0 Å². The molecular formula is C11H17N2O4S2-. The number of carbonyl (C=O) groups is 1. The second-order valence-electron chi connectivity index (χ2n) is 4.95. The van der Waals surface area contributed by atoms with E-state index < -0.39 is 23.0 Å². The summed E-state index contributed by atoms with van der Waals surface area (Å²) in [7, 11) is 0. The number of carboxylic acid groups (broad SMARTS) is 1. The van der Waals surface area contributed by atoms with Crippen molar-refractivity contribution in [3.63, 3.8) is 0 Å². The van der Waals surface area contributed by atoms with E-state index in [0.717, 1.165) is 0 Å². The summed E-state index contributed by atoms with van der Waals surface area (Å²) in [4.78, 5) is 16.6. The first-order chi connectivity index (χ1) is 8.70. The van der Waals surface area contributed by atoms with E-state index >= 15 is 0 Å². The molecule has 0 radical (unpaired) electrons. The first kappa shape index (κ1) is 16.0. The molecule has 1 atom stereocenters. The maximum atomic E-state index is 11.4. The molecule has 0 bridgehead atoms. The molecule has 0 spiro atoms. The lowest BCUT2D eigenvalue weighted by Crippen LogP contribution is -2.40. The number of carboxylic acids is 1. The summed E-state index contributed by atoms with van der Waals surface area (Å²) in [5.41, 5.74) is -0.602. The number of hydrogen-bond acceptors (Lipinski definition) is 6. The summed E-state index contributed by atoms with van der Waals surface area (Å²) in [6.45, 7) is 5.78. The van der Waals surface area contributed by atoms with Crippen molar-refractivity contribution in [1.82, 2.24) is 4.90 Å². The molecule has 0 unspecified atom stereocenters. The van der Waals surface area contributed by atoms with Gasteiger partial charge < -0.3 is 19.8 Å². The maximum Gasteiger partial charge on any atom is 0.336 e. The molecule has 1 saturated heterocycles. The zero-order valence-corrected chi connectivity index (χ0v) is 12.7. The Labute approximate surface area is 121 Å². The molecule has 0 aromatic heterocycles. The van der Waals surface area contributed by atoms with E-state index in [2.05, 4.69) is 4.99 Å². The van der Waals surface area contributed by atoms with Crippen LogP contribution in [-0.4, -0.2) is 56.9 Å². The molecule has 1 aliphatic rings. The Morgan fingerprint density at radius 1 is 1.63 bits per heavy atom. The van der Waals surface area contributed by atoms with Crippen LogP contribution in [-0.2, 0) is 9.53 Å². The smallest absolute Gasteiger partial charge is 0.336 e. The Kier molecular flexibility index (Phi) is 5.42. The fourth-order valence-corrected chi connectivity index (χ4v) is 2.86. The molecule has 108 valence electrons. The van der Waals surface area contributed by atoms with Crippen LogP contribution < -0.4 is 5.11 Å². The van der Waals surface area contributed by atoms with E-state index in [1.807, 2.05) is 0 Å². The average Bonchev–Trinajstić information content (AvgIpc) is 2.72. The second-order valence-corrected chi connectivity index (χ2v) is 6.60. The van der Waals surface area contributed by atoms with Crippen molar-refractivity contribution in [2.75, 3.05) is 18.8 Å². The first-order valence-electron chi connectivity index (χ1n) is 5.75. The lowest BCUT2D eigenvalue weighted by Gasteiger charge is -2.29. The number of aliphatic carboxylic acids is 1. The summed E-state index contributed by atoms with van der Waals surface area (Å²) in [6.07, 6.45) is -0.687. The topological polar surface area (TPSA) is 85.2 Å². The summed E-state index contributed by atoms with van der Waals surface area (Å²) < 4.78 is 5.02. The van der Waals surface area contributed by atoms with Crippen LogP contribution in [0.1, 0.15) is 20.8 Å². The molecule has 0 amide bonds. The SMILES string of the molecule is CC(C)(C)OC([O-])=NCC(=S)N1CCS[C@@H]1C(=O)O. The van der Waals surface area contributed by atoms with Crippen molar-refractivity contribution in [3.8, 4) is 0 Å². The number of thioether (sulfide) groups is 1. The third-order valence-electron chi connectivity index (χ3n) is 2.16. The number of rotatable bonds is 3. The van der Waals surface area contributed by atoms with Gasteiger partial charge in [0.25, 0.3) is 0 Å². The molecule has 1 aliphatic heterocycles. The molecule has 1 heterocycles. The van der Waals surface area contributed by atoms with Gasteiger partial charge in [0.1, 0.15) is 11.1 Å². The van der Waals surface area contributed by atoms with Crippen LogP contribution >= 0.6 is 24.0 Å². The summed E-state index contributed by atoms with van der Waals surface area (Å²) >= 11 is 6.43. The lowest BCUT2D eigenvalue weighted by atomic mass is 10.2. The third kappa shape index (κ3) is 5.23. The summed E-state index contributed by atoms with van der Waals surface area (Å²) in [6, 6.07) is 0. The van der Waals surface area contributed by atoms with E-state index in [-0.39, 0.29) is 6.54 Å². The fraction of sp³-hybridized carbons (Fsp3) is 0.727.